The molecule has 6 nitrogen and oxygen atoms in total. The Hall–Kier alpha value is -2.97. The number of rotatable bonds is 5. The van der Waals surface area contributed by atoms with Crippen LogP contribution in [0.4, 0.5) is 0 Å². The molecule has 3 aromatic rings. The molecule has 1 N–H and O–H groups in total. The van der Waals surface area contributed by atoms with Gasteiger partial charge in [-0.3, -0.25) is 19.8 Å². The number of hydrogen-bond acceptors (Lipinski definition) is 4. The van der Waals surface area contributed by atoms with Crippen molar-refractivity contribution in [3.8, 4) is 5.75 Å². The lowest BCUT2D eigenvalue weighted by atomic mass is 10.1. The number of aryl methyl sites for hydroxylation is 1. The van der Waals surface area contributed by atoms with Crippen LogP contribution in [0.5, 0.6) is 5.75 Å². The number of fused-ring (bicyclic) bond motifs is 1. The van der Waals surface area contributed by atoms with Gasteiger partial charge in [0.2, 0.25) is 0 Å². The molecule has 0 atom stereocenters. The van der Waals surface area contributed by atoms with Gasteiger partial charge in [0.05, 0.1) is 6.54 Å². The molecule has 4 rings (SSSR count). The highest BCUT2D eigenvalue weighted by Gasteiger charge is 2.31. The Labute approximate surface area is 193 Å². The zero-order valence-corrected chi connectivity index (χ0v) is 19.4. The number of thiocarbonyl (C=S) groups is 1. The zero-order valence-electron chi connectivity index (χ0n) is 17.0. The van der Waals surface area contributed by atoms with E-state index in [0.29, 0.717) is 13.2 Å². The summed E-state index contributed by atoms with van der Waals surface area (Å²) in [5.74, 6) is -0.102. The zero-order chi connectivity index (χ0) is 22.1. The van der Waals surface area contributed by atoms with Crippen LogP contribution in [0.25, 0.3) is 17.0 Å². The van der Waals surface area contributed by atoms with E-state index in [4.69, 9.17) is 17.0 Å². The Morgan fingerprint density at radius 1 is 1.16 bits per heavy atom. The second-order valence-electron chi connectivity index (χ2n) is 7.28. The van der Waals surface area contributed by atoms with Crippen molar-refractivity contribution in [2.75, 3.05) is 13.7 Å². The van der Waals surface area contributed by atoms with Crippen LogP contribution in [-0.2, 0) is 16.1 Å². The van der Waals surface area contributed by atoms with Gasteiger partial charge in [-0.2, -0.15) is 0 Å². The molecule has 1 aliphatic rings. The van der Waals surface area contributed by atoms with Crippen LogP contribution in [-0.4, -0.2) is 40.0 Å². The molecule has 8 heteroatoms. The molecule has 0 bridgehead atoms. The van der Waals surface area contributed by atoms with Crippen molar-refractivity contribution >= 4 is 62.1 Å². The van der Waals surface area contributed by atoms with Gasteiger partial charge in [-0.1, -0.05) is 33.6 Å². The summed E-state index contributed by atoms with van der Waals surface area (Å²) in [6.45, 7) is 3.13. The maximum absolute atomic E-state index is 12.6. The van der Waals surface area contributed by atoms with Gasteiger partial charge in [-0.25, -0.2) is 0 Å². The summed E-state index contributed by atoms with van der Waals surface area (Å²) in [5.41, 5.74) is 2.98. The number of aromatic nitrogens is 1. The van der Waals surface area contributed by atoms with E-state index in [1.807, 2.05) is 55.6 Å². The molecular formula is C23H20BrN3O3S. The Balaban J connectivity index is 1.64. The number of benzene rings is 2. The van der Waals surface area contributed by atoms with Crippen LogP contribution in [0.1, 0.15) is 11.1 Å². The largest absolute Gasteiger partial charge is 0.492 e. The van der Waals surface area contributed by atoms with Crippen molar-refractivity contribution in [1.29, 1.82) is 0 Å². The van der Waals surface area contributed by atoms with E-state index >= 15 is 0 Å². The monoisotopic (exact) mass is 497 g/mol. The number of halogens is 1. The van der Waals surface area contributed by atoms with Crippen LogP contribution >= 0.6 is 28.1 Å². The molecule has 0 radical (unpaired) electrons. The third kappa shape index (κ3) is 4.40. The molecule has 0 aliphatic carbocycles. The van der Waals surface area contributed by atoms with Gasteiger partial charge in [0.15, 0.2) is 5.11 Å². The Bertz CT molecular complexity index is 1230. The maximum atomic E-state index is 12.6. The summed E-state index contributed by atoms with van der Waals surface area (Å²) in [7, 11) is 1.54. The number of nitrogens with one attached hydrogen (secondary N) is 1. The third-order valence-corrected chi connectivity index (χ3v) is 5.97. The van der Waals surface area contributed by atoms with Crippen LogP contribution in [0.3, 0.4) is 0 Å². The van der Waals surface area contributed by atoms with Crippen LogP contribution in [0, 0.1) is 6.92 Å². The number of ether oxygens (including phenoxy) is 1. The van der Waals surface area contributed by atoms with Gasteiger partial charge in [-0.05, 0) is 55.5 Å². The van der Waals surface area contributed by atoms with Crippen LogP contribution < -0.4 is 10.1 Å². The Morgan fingerprint density at radius 3 is 2.65 bits per heavy atom. The van der Waals surface area contributed by atoms with Crippen molar-refractivity contribution in [2.45, 2.75) is 13.5 Å². The van der Waals surface area contributed by atoms with Crippen LogP contribution in [0.2, 0.25) is 0 Å². The van der Waals surface area contributed by atoms with Gasteiger partial charge in [0, 0.05) is 34.2 Å². The number of carbonyl (C=O) groups is 2. The molecule has 1 saturated heterocycles. The molecular weight excluding hydrogens is 478 g/mol. The van der Waals surface area contributed by atoms with E-state index in [1.54, 1.807) is 13.1 Å². The first kappa shape index (κ1) is 21.3. The fourth-order valence-corrected chi connectivity index (χ4v) is 3.93. The molecule has 0 spiro atoms. The van der Waals surface area contributed by atoms with E-state index < -0.39 is 11.8 Å². The van der Waals surface area contributed by atoms with E-state index in [2.05, 4.69) is 25.8 Å². The van der Waals surface area contributed by atoms with Crippen molar-refractivity contribution < 1.29 is 14.3 Å². The molecule has 31 heavy (non-hydrogen) atoms. The minimum atomic E-state index is -0.494. The molecule has 2 aromatic carbocycles. The van der Waals surface area contributed by atoms with E-state index in [1.165, 1.54) is 10.5 Å². The second kappa shape index (κ2) is 8.64. The molecule has 0 unspecified atom stereocenters. The molecule has 2 heterocycles. The summed E-state index contributed by atoms with van der Waals surface area (Å²) in [4.78, 5) is 26.2. The fourth-order valence-electron chi connectivity index (χ4n) is 3.39. The summed E-state index contributed by atoms with van der Waals surface area (Å²) in [5, 5.41) is 3.57. The Morgan fingerprint density at radius 2 is 1.90 bits per heavy atom. The van der Waals surface area contributed by atoms with Crippen molar-refractivity contribution in [3.05, 3.63) is 69.8 Å². The fraction of sp³-hybridized carbons (Fsp3) is 0.174. The number of carbonyl (C=O) groups excluding carboxylic acids is 2. The average Bonchev–Trinajstić information content (AvgIpc) is 3.07. The lowest BCUT2D eigenvalue weighted by Gasteiger charge is -2.24. The normalized spacial score (nSPS) is 15.6. The summed E-state index contributed by atoms with van der Waals surface area (Å²) in [6.07, 6.45) is 3.54. The standard InChI is InChI=1S/C23H20BrN3O3S/c1-14-3-6-17(7-4-14)30-10-9-27-13-15(18-12-16(24)5-8-20(18)27)11-19-21(28)25-23(31)26(2)22(19)29/h3-8,11-13H,9-10H2,1-2H3,(H,25,28,31)/b19-11-. The number of likely N-dealkylation sites (N-methyl/N-ethyl adjacent to an activating group) is 1. The first-order valence-electron chi connectivity index (χ1n) is 9.66. The summed E-state index contributed by atoms with van der Waals surface area (Å²) >= 11 is 8.52. The minimum Gasteiger partial charge on any atom is -0.492 e. The van der Waals surface area contributed by atoms with Gasteiger partial charge >= 0.3 is 0 Å². The lowest BCUT2D eigenvalue weighted by molar-refractivity contribution is -0.128. The first-order valence-corrected chi connectivity index (χ1v) is 10.9. The third-order valence-electron chi connectivity index (χ3n) is 5.10. The first-order chi connectivity index (χ1) is 14.8. The van der Waals surface area contributed by atoms with E-state index in [-0.39, 0.29) is 10.7 Å². The Kier molecular flexibility index (Phi) is 5.93. The highest BCUT2D eigenvalue weighted by Crippen LogP contribution is 2.28. The molecule has 1 aromatic heterocycles. The summed E-state index contributed by atoms with van der Waals surface area (Å²) < 4.78 is 8.84. The predicted molar refractivity (Wildman–Crippen MR) is 128 cm³/mol. The molecule has 1 aliphatic heterocycles. The molecule has 1 fully saturated rings. The SMILES string of the molecule is Cc1ccc(OCCn2cc(/C=C3/C(=O)NC(=S)N(C)C3=O)c3cc(Br)ccc32)cc1. The minimum absolute atomic E-state index is 0.0473. The molecule has 0 saturated carbocycles. The van der Waals surface area contributed by atoms with Crippen molar-refractivity contribution in [1.82, 2.24) is 14.8 Å². The van der Waals surface area contributed by atoms with Gasteiger partial charge in [0.25, 0.3) is 11.8 Å². The van der Waals surface area contributed by atoms with Crippen molar-refractivity contribution in [2.24, 2.45) is 0 Å². The van der Waals surface area contributed by atoms with Crippen LogP contribution in [0.15, 0.2) is 58.7 Å². The smallest absolute Gasteiger partial charge is 0.265 e. The predicted octanol–water partition coefficient (Wildman–Crippen LogP) is 4.05. The highest BCUT2D eigenvalue weighted by molar-refractivity contribution is 9.10. The number of nitrogens with zero attached hydrogens (tertiary/aromatic N) is 2. The van der Waals surface area contributed by atoms with Gasteiger partial charge in [0.1, 0.15) is 17.9 Å². The van der Waals surface area contributed by atoms with Crippen molar-refractivity contribution in [3.63, 3.8) is 0 Å². The molecule has 158 valence electrons. The second-order valence-corrected chi connectivity index (χ2v) is 8.58. The maximum Gasteiger partial charge on any atom is 0.265 e. The summed E-state index contributed by atoms with van der Waals surface area (Å²) in [6, 6.07) is 13.8. The molecule has 2 amide bonds. The number of hydrogen-bond donors (Lipinski definition) is 1. The lowest BCUT2D eigenvalue weighted by Crippen LogP contribution is -2.52. The van der Waals surface area contributed by atoms with Gasteiger partial charge in [-0.15, -0.1) is 0 Å². The van der Waals surface area contributed by atoms with E-state index in [0.717, 1.165) is 26.7 Å². The topological polar surface area (TPSA) is 63.6 Å². The number of amides is 2. The highest BCUT2D eigenvalue weighted by atomic mass is 79.9. The average molecular weight is 498 g/mol. The van der Waals surface area contributed by atoms with Gasteiger partial charge < -0.3 is 9.30 Å². The quantitative estimate of drug-likeness (QED) is 0.328. The van der Waals surface area contributed by atoms with E-state index in [9.17, 15) is 9.59 Å².